The zero-order valence-corrected chi connectivity index (χ0v) is 10.9. The van der Waals surface area contributed by atoms with Crippen molar-refractivity contribution in [1.29, 1.82) is 0 Å². The lowest BCUT2D eigenvalue weighted by Crippen LogP contribution is -2.28. The highest BCUT2D eigenvalue weighted by atomic mass is 16.3. The Balaban J connectivity index is 3.80. The van der Waals surface area contributed by atoms with Crippen molar-refractivity contribution < 1.29 is 5.11 Å². The Kier molecular flexibility index (Phi) is 5.14. The molecule has 0 heterocycles. The van der Waals surface area contributed by atoms with E-state index in [-0.39, 0.29) is 11.5 Å². The molecule has 14 heavy (non-hydrogen) atoms. The van der Waals surface area contributed by atoms with Crippen molar-refractivity contribution >= 4 is 0 Å². The van der Waals surface area contributed by atoms with E-state index in [2.05, 4.69) is 41.5 Å². The third kappa shape index (κ3) is 5.64. The van der Waals surface area contributed by atoms with Crippen LogP contribution in [0.4, 0.5) is 0 Å². The number of hydrogen-bond acceptors (Lipinski definition) is 1. The Morgan fingerprint density at radius 2 is 1.57 bits per heavy atom. The lowest BCUT2D eigenvalue weighted by atomic mass is 9.80. The molecule has 0 saturated carbocycles. The van der Waals surface area contributed by atoms with Gasteiger partial charge < -0.3 is 5.11 Å². The van der Waals surface area contributed by atoms with Crippen LogP contribution in [0.3, 0.4) is 0 Å². The summed E-state index contributed by atoms with van der Waals surface area (Å²) in [5.41, 5.74) is 0.480. The quantitative estimate of drug-likeness (QED) is 0.711. The highest BCUT2D eigenvalue weighted by molar-refractivity contribution is 4.76. The van der Waals surface area contributed by atoms with Gasteiger partial charge in [-0.3, -0.25) is 0 Å². The van der Waals surface area contributed by atoms with Crippen LogP contribution in [0.15, 0.2) is 0 Å². The first-order valence-corrected chi connectivity index (χ1v) is 5.87. The zero-order valence-electron chi connectivity index (χ0n) is 10.9. The third-order valence-electron chi connectivity index (χ3n) is 3.22. The Labute approximate surface area is 89.9 Å². The Morgan fingerprint density at radius 1 is 1.07 bits per heavy atom. The van der Waals surface area contributed by atoms with Crippen LogP contribution in [0, 0.1) is 10.8 Å². The molecule has 0 rings (SSSR count). The molecule has 0 saturated heterocycles. The average molecular weight is 200 g/mol. The van der Waals surface area contributed by atoms with Gasteiger partial charge in [-0.15, -0.1) is 0 Å². The molecule has 1 nitrogen and oxygen atoms in total. The van der Waals surface area contributed by atoms with Crippen LogP contribution in [-0.4, -0.2) is 11.2 Å². The lowest BCUT2D eigenvalue weighted by Gasteiger charge is -2.30. The van der Waals surface area contributed by atoms with Gasteiger partial charge in [-0.25, -0.2) is 0 Å². The first kappa shape index (κ1) is 14.0. The summed E-state index contributed by atoms with van der Waals surface area (Å²) < 4.78 is 0. The first-order chi connectivity index (χ1) is 6.19. The molecule has 1 atom stereocenters. The predicted molar refractivity (Wildman–Crippen MR) is 63.4 cm³/mol. The summed E-state index contributed by atoms with van der Waals surface area (Å²) in [4.78, 5) is 0. The number of aliphatic hydroxyl groups excluding tert-OH is 1. The van der Waals surface area contributed by atoms with Crippen LogP contribution in [-0.2, 0) is 0 Å². The van der Waals surface area contributed by atoms with E-state index in [4.69, 9.17) is 0 Å². The van der Waals surface area contributed by atoms with Gasteiger partial charge >= 0.3 is 0 Å². The van der Waals surface area contributed by atoms with E-state index in [9.17, 15) is 5.11 Å². The molecule has 0 aromatic rings. The molecule has 0 spiro atoms. The van der Waals surface area contributed by atoms with Crippen molar-refractivity contribution in [2.75, 3.05) is 0 Å². The number of rotatable bonds is 5. The van der Waals surface area contributed by atoms with E-state index in [1.807, 2.05) is 0 Å². The maximum atomic E-state index is 9.97. The second-order valence-electron chi connectivity index (χ2n) is 6.31. The van der Waals surface area contributed by atoms with Gasteiger partial charge in [0.2, 0.25) is 0 Å². The minimum atomic E-state index is -0.144. The van der Waals surface area contributed by atoms with E-state index in [0.717, 1.165) is 19.3 Å². The summed E-state index contributed by atoms with van der Waals surface area (Å²) in [5.74, 6) is 0. The topological polar surface area (TPSA) is 20.2 Å². The van der Waals surface area contributed by atoms with Gasteiger partial charge in [0.25, 0.3) is 0 Å². The average Bonchev–Trinajstić information content (AvgIpc) is 2.02. The molecule has 0 aromatic heterocycles. The van der Waals surface area contributed by atoms with E-state index in [1.54, 1.807) is 0 Å². The molecule has 0 aliphatic carbocycles. The summed E-state index contributed by atoms with van der Waals surface area (Å²) >= 11 is 0. The standard InChI is InChI=1S/C13H28O/c1-7-13(5,6)11(14)9-8-10-12(2,3)4/h11,14H,7-10H2,1-6H3. The van der Waals surface area contributed by atoms with Crippen LogP contribution < -0.4 is 0 Å². The molecule has 1 heteroatoms. The van der Waals surface area contributed by atoms with E-state index in [0.29, 0.717) is 5.41 Å². The molecule has 0 radical (unpaired) electrons. The van der Waals surface area contributed by atoms with Crippen LogP contribution in [0.5, 0.6) is 0 Å². The second kappa shape index (κ2) is 5.16. The van der Waals surface area contributed by atoms with E-state index in [1.165, 1.54) is 6.42 Å². The summed E-state index contributed by atoms with van der Waals surface area (Å²) in [7, 11) is 0. The fourth-order valence-corrected chi connectivity index (χ4v) is 1.45. The molecule has 0 bridgehead atoms. The molecular weight excluding hydrogens is 172 g/mol. The molecule has 0 amide bonds. The van der Waals surface area contributed by atoms with Crippen LogP contribution in [0.2, 0.25) is 0 Å². The van der Waals surface area contributed by atoms with Crippen molar-refractivity contribution in [2.45, 2.75) is 73.3 Å². The van der Waals surface area contributed by atoms with Crippen molar-refractivity contribution in [3.05, 3.63) is 0 Å². The summed E-state index contributed by atoms with van der Waals surface area (Å²) in [6.45, 7) is 13.2. The molecule has 1 N–H and O–H groups in total. The Hall–Kier alpha value is -0.0400. The SMILES string of the molecule is CCC(C)(C)C(O)CCCC(C)(C)C. The number of hydrogen-bond donors (Lipinski definition) is 1. The number of aliphatic hydroxyl groups is 1. The van der Waals surface area contributed by atoms with Crippen LogP contribution >= 0.6 is 0 Å². The molecule has 1 unspecified atom stereocenters. The highest BCUT2D eigenvalue weighted by Gasteiger charge is 2.25. The summed E-state index contributed by atoms with van der Waals surface area (Å²) in [6.07, 6.45) is 4.18. The largest absolute Gasteiger partial charge is 0.393 e. The molecular formula is C13H28O. The van der Waals surface area contributed by atoms with Gasteiger partial charge in [-0.05, 0) is 30.1 Å². The fourth-order valence-electron chi connectivity index (χ4n) is 1.45. The van der Waals surface area contributed by atoms with Crippen LogP contribution in [0.25, 0.3) is 0 Å². The van der Waals surface area contributed by atoms with Crippen molar-refractivity contribution in [3.63, 3.8) is 0 Å². The van der Waals surface area contributed by atoms with E-state index >= 15 is 0 Å². The summed E-state index contributed by atoms with van der Waals surface area (Å²) in [6, 6.07) is 0. The minimum absolute atomic E-state index is 0.0812. The minimum Gasteiger partial charge on any atom is -0.393 e. The smallest absolute Gasteiger partial charge is 0.0591 e. The monoisotopic (exact) mass is 200 g/mol. The van der Waals surface area contributed by atoms with Gasteiger partial charge in [-0.2, -0.15) is 0 Å². The first-order valence-electron chi connectivity index (χ1n) is 5.87. The third-order valence-corrected chi connectivity index (χ3v) is 3.22. The molecule has 86 valence electrons. The van der Waals surface area contributed by atoms with Gasteiger partial charge in [0.1, 0.15) is 0 Å². The van der Waals surface area contributed by atoms with Gasteiger partial charge in [0.15, 0.2) is 0 Å². The highest BCUT2D eigenvalue weighted by Crippen LogP contribution is 2.30. The predicted octanol–water partition coefficient (Wildman–Crippen LogP) is 4.00. The maximum absolute atomic E-state index is 9.97. The fraction of sp³-hybridized carbons (Fsp3) is 1.00. The molecule has 0 fully saturated rings. The van der Waals surface area contributed by atoms with Gasteiger partial charge in [0, 0.05) is 0 Å². The van der Waals surface area contributed by atoms with Crippen molar-refractivity contribution in [2.24, 2.45) is 10.8 Å². The lowest BCUT2D eigenvalue weighted by molar-refractivity contribution is 0.0366. The zero-order chi connectivity index (χ0) is 11.4. The second-order valence-corrected chi connectivity index (χ2v) is 6.31. The van der Waals surface area contributed by atoms with Crippen molar-refractivity contribution in [1.82, 2.24) is 0 Å². The molecule has 0 aliphatic heterocycles. The van der Waals surface area contributed by atoms with Crippen LogP contribution in [0.1, 0.15) is 67.2 Å². The molecule has 0 aromatic carbocycles. The Bertz CT molecular complexity index is 153. The molecule has 0 aliphatic rings. The van der Waals surface area contributed by atoms with Gasteiger partial charge in [0.05, 0.1) is 6.10 Å². The maximum Gasteiger partial charge on any atom is 0.0591 e. The normalized spacial score (nSPS) is 15.6. The van der Waals surface area contributed by atoms with Gasteiger partial charge in [-0.1, -0.05) is 48.0 Å². The Morgan fingerprint density at radius 3 is 1.93 bits per heavy atom. The summed E-state index contributed by atoms with van der Waals surface area (Å²) in [5, 5.41) is 9.97. The van der Waals surface area contributed by atoms with Crippen molar-refractivity contribution in [3.8, 4) is 0 Å². The van der Waals surface area contributed by atoms with E-state index < -0.39 is 0 Å².